The highest BCUT2D eigenvalue weighted by Crippen LogP contribution is 2.24. The van der Waals surface area contributed by atoms with Gasteiger partial charge in [-0.2, -0.15) is 0 Å². The number of methoxy groups -OCH3 is 1. The first-order chi connectivity index (χ1) is 10.5. The molecule has 0 bridgehead atoms. The Morgan fingerprint density at radius 1 is 1.27 bits per heavy atom. The molecule has 0 unspecified atom stereocenters. The molecule has 2 atom stereocenters. The number of hydrogen-bond acceptors (Lipinski definition) is 4. The van der Waals surface area contributed by atoms with E-state index in [1.165, 1.54) is 7.11 Å². The highest BCUT2D eigenvalue weighted by atomic mass is 16.5. The quantitative estimate of drug-likeness (QED) is 0.781. The van der Waals surface area contributed by atoms with Gasteiger partial charge in [0.15, 0.2) is 0 Å². The second kappa shape index (κ2) is 7.40. The van der Waals surface area contributed by atoms with Crippen LogP contribution in [-0.4, -0.2) is 42.6 Å². The van der Waals surface area contributed by atoms with Crippen LogP contribution in [0.2, 0.25) is 0 Å². The number of esters is 1. The summed E-state index contributed by atoms with van der Waals surface area (Å²) in [7, 11) is 1.35. The molecule has 0 saturated carbocycles. The summed E-state index contributed by atoms with van der Waals surface area (Å²) in [6.45, 7) is 4.57. The zero-order chi connectivity index (χ0) is 16.1. The molecule has 1 aliphatic heterocycles. The zero-order valence-electron chi connectivity index (χ0n) is 13.3. The summed E-state index contributed by atoms with van der Waals surface area (Å²) in [6.07, 6.45) is 0.338. The summed E-state index contributed by atoms with van der Waals surface area (Å²) >= 11 is 0. The smallest absolute Gasteiger partial charge is 0.328 e. The largest absolute Gasteiger partial charge is 0.467 e. The van der Waals surface area contributed by atoms with Crippen molar-refractivity contribution in [2.45, 2.75) is 39.0 Å². The molecule has 5 heteroatoms. The molecule has 22 heavy (non-hydrogen) atoms. The van der Waals surface area contributed by atoms with Crippen LogP contribution >= 0.6 is 0 Å². The van der Waals surface area contributed by atoms with Crippen molar-refractivity contribution in [3.8, 4) is 0 Å². The SMILES string of the molecule is COC(=O)[C@@H]1C[C@@H](OCc2ccccc2)CN1C(=O)C(C)C. The van der Waals surface area contributed by atoms with Gasteiger partial charge < -0.3 is 14.4 Å². The van der Waals surface area contributed by atoms with Crippen LogP contribution in [-0.2, 0) is 25.7 Å². The molecule has 1 aromatic carbocycles. The number of carbonyl (C=O) groups is 2. The third kappa shape index (κ3) is 3.85. The van der Waals surface area contributed by atoms with Crippen molar-refractivity contribution in [3.63, 3.8) is 0 Å². The van der Waals surface area contributed by atoms with E-state index in [1.54, 1.807) is 4.90 Å². The fourth-order valence-electron chi connectivity index (χ4n) is 2.64. The van der Waals surface area contributed by atoms with Gasteiger partial charge in [-0.1, -0.05) is 44.2 Å². The van der Waals surface area contributed by atoms with E-state index in [9.17, 15) is 9.59 Å². The number of benzene rings is 1. The Morgan fingerprint density at radius 2 is 1.95 bits per heavy atom. The number of likely N-dealkylation sites (tertiary alicyclic amines) is 1. The molecule has 0 aliphatic carbocycles. The summed E-state index contributed by atoms with van der Waals surface area (Å²) in [5.74, 6) is -0.568. The van der Waals surface area contributed by atoms with Gasteiger partial charge in [0.05, 0.1) is 19.8 Å². The van der Waals surface area contributed by atoms with Crippen LogP contribution in [0.15, 0.2) is 30.3 Å². The molecule has 0 radical (unpaired) electrons. The standard InChI is InChI=1S/C17H23NO4/c1-12(2)16(19)18-10-14(9-15(18)17(20)21-3)22-11-13-7-5-4-6-8-13/h4-8,12,14-15H,9-11H2,1-3H3/t14-,15+/m1/s1. The van der Waals surface area contributed by atoms with Gasteiger partial charge in [0.1, 0.15) is 6.04 Å². The molecule has 0 aromatic heterocycles. The molecule has 1 aliphatic rings. The fraction of sp³-hybridized carbons (Fsp3) is 0.529. The molecule has 1 fully saturated rings. The van der Waals surface area contributed by atoms with E-state index >= 15 is 0 Å². The second-order valence-corrected chi connectivity index (χ2v) is 5.84. The van der Waals surface area contributed by atoms with Crippen molar-refractivity contribution < 1.29 is 19.1 Å². The van der Waals surface area contributed by atoms with Gasteiger partial charge in [-0.15, -0.1) is 0 Å². The first-order valence-corrected chi connectivity index (χ1v) is 7.56. The number of nitrogens with zero attached hydrogens (tertiary/aromatic N) is 1. The molecule has 1 heterocycles. The zero-order valence-corrected chi connectivity index (χ0v) is 13.3. The lowest BCUT2D eigenvalue weighted by atomic mass is 10.1. The Kier molecular flexibility index (Phi) is 5.55. The van der Waals surface area contributed by atoms with Crippen LogP contribution in [0, 0.1) is 5.92 Å². The predicted octanol–water partition coefficient (Wildman–Crippen LogP) is 2.00. The Bertz CT molecular complexity index is 515. The van der Waals surface area contributed by atoms with Crippen molar-refractivity contribution in [1.82, 2.24) is 4.90 Å². The summed E-state index contributed by atoms with van der Waals surface area (Å²) in [4.78, 5) is 25.7. The van der Waals surface area contributed by atoms with Crippen LogP contribution in [0.3, 0.4) is 0 Å². The Hall–Kier alpha value is -1.88. The minimum atomic E-state index is -0.541. The molecular formula is C17H23NO4. The Morgan fingerprint density at radius 3 is 2.55 bits per heavy atom. The van der Waals surface area contributed by atoms with Crippen molar-refractivity contribution in [2.24, 2.45) is 5.92 Å². The van der Waals surface area contributed by atoms with Crippen LogP contribution < -0.4 is 0 Å². The van der Waals surface area contributed by atoms with Gasteiger partial charge in [-0.05, 0) is 5.56 Å². The first-order valence-electron chi connectivity index (χ1n) is 7.56. The molecule has 2 rings (SSSR count). The highest BCUT2D eigenvalue weighted by molar-refractivity contribution is 5.86. The summed E-state index contributed by atoms with van der Waals surface area (Å²) < 4.78 is 10.7. The van der Waals surface area contributed by atoms with Gasteiger partial charge >= 0.3 is 5.97 Å². The van der Waals surface area contributed by atoms with E-state index in [-0.39, 0.29) is 23.9 Å². The number of amides is 1. The van der Waals surface area contributed by atoms with E-state index in [4.69, 9.17) is 9.47 Å². The topological polar surface area (TPSA) is 55.8 Å². The highest BCUT2D eigenvalue weighted by Gasteiger charge is 2.41. The maximum atomic E-state index is 12.3. The van der Waals surface area contributed by atoms with Crippen LogP contribution in [0.4, 0.5) is 0 Å². The molecule has 1 saturated heterocycles. The van der Waals surface area contributed by atoms with E-state index in [0.29, 0.717) is 19.6 Å². The van der Waals surface area contributed by atoms with Gasteiger partial charge in [0.2, 0.25) is 5.91 Å². The van der Waals surface area contributed by atoms with Crippen LogP contribution in [0.5, 0.6) is 0 Å². The van der Waals surface area contributed by atoms with Crippen molar-refractivity contribution >= 4 is 11.9 Å². The Labute approximate surface area is 131 Å². The van der Waals surface area contributed by atoms with E-state index in [1.807, 2.05) is 44.2 Å². The molecular weight excluding hydrogens is 282 g/mol. The van der Waals surface area contributed by atoms with Gasteiger partial charge in [0, 0.05) is 18.9 Å². The molecule has 5 nitrogen and oxygen atoms in total. The summed E-state index contributed by atoms with van der Waals surface area (Å²) in [6, 6.07) is 9.31. The number of ether oxygens (including phenoxy) is 2. The number of rotatable bonds is 5. The summed E-state index contributed by atoms with van der Waals surface area (Å²) in [5.41, 5.74) is 1.07. The van der Waals surface area contributed by atoms with Gasteiger partial charge in [-0.25, -0.2) is 4.79 Å². The molecule has 120 valence electrons. The Balaban J connectivity index is 2.00. The minimum absolute atomic E-state index is 0.0405. The van der Waals surface area contributed by atoms with Crippen molar-refractivity contribution in [1.29, 1.82) is 0 Å². The van der Waals surface area contributed by atoms with Gasteiger partial charge in [0.25, 0.3) is 0 Å². The maximum absolute atomic E-state index is 12.3. The second-order valence-electron chi connectivity index (χ2n) is 5.84. The molecule has 0 N–H and O–H groups in total. The average molecular weight is 305 g/mol. The van der Waals surface area contributed by atoms with Crippen LogP contribution in [0.25, 0.3) is 0 Å². The third-order valence-corrected chi connectivity index (χ3v) is 3.84. The van der Waals surface area contributed by atoms with E-state index < -0.39 is 6.04 Å². The number of hydrogen-bond donors (Lipinski definition) is 0. The van der Waals surface area contributed by atoms with E-state index in [0.717, 1.165) is 5.56 Å². The maximum Gasteiger partial charge on any atom is 0.328 e. The van der Waals surface area contributed by atoms with E-state index in [2.05, 4.69) is 0 Å². The van der Waals surface area contributed by atoms with Crippen LogP contribution in [0.1, 0.15) is 25.8 Å². The van der Waals surface area contributed by atoms with Crippen molar-refractivity contribution in [3.05, 3.63) is 35.9 Å². The lowest BCUT2D eigenvalue weighted by Crippen LogP contribution is -2.43. The fourth-order valence-corrected chi connectivity index (χ4v) is 2.64. The summed E-state index contributed by atoms with van der Waals surface area (Å²) in [5, 5.41) is 0. The lowest BCUT2D eigenvalue weighted by molar-refractivity contribution is -0.152. The van der Waals surface area contributed by atoms with Crippen molar-refractivity contribution in [2.75, 3.05) is 13.7 Å². The van der Waals surface area contributed by atoms with Gasteiger partial charge in [-0.3, -0.25) is 4.79 Å². The predicted molar refractivity (Wildman–Crippen MR) is 82.0 cm³/mol. The third-order valence-electron chi connectivity index (χ3n) is 3.84. The molecule has 0 spiro atoms. The normalized spacial score (nSPS) is 21.2. The molecule has 1 aromatic rings. The first kappa shape index (κ1) is 16.5. The molecule has 1 amide bonds. The number of carbonyl (C=O) groups excluding carboxylic acids is 2. The lowest BCUT2D eigenvalue weighted by Gasteiger charge is -2.24. The minimum Gasteiger partial charge on any atom is -0.467 e. The average Bonchev–Trinajstić information content (AvgIpc) is 2.96. The monoisotopic (exact) mass is 305 g/mol.